The van der Waals surface area contributed by atoms with Gasteiger partial charge in [-0.25, -0.2) is 0 Å². The normalized spacial score (nSPS) is 12.0. The molecule has 0 amide bonds. The van der Waals surface area contributed by atoms with E-state index in [1.165, 1.54) is 22.1 Å². The maximum absolute atomic E-state index is 6.23. The number of aryl methyl sites for hydroxylation is 1. The summed E-state index contributed by atoms with van der Waals surface area (Å²) in [6, 6.07) is 4.80. The van der Waals surface area contributed by atoms with Crippen molar-refractivity contribution in [3.05, 3.63) is 34.6 Å². The molecule has 0 saturated carbocycles. The van der Waals surface area contributed by atoms with E-state index in [-0.39, 0.29) is 0 Å². The zero-order valence-corrected chi connectivity index (χ0v) is 14.0. The van der Waals surface area contributed by atoms with Crippen molar-refractivity contribution < 1.29 is 9.15 Å². The van der Waals surface area contributed by atoms with Gasteiger partial charge in [-0.05, 0) is 24.0 Å². The van der Waals surface area contributed by atoms with Crippen LogP contribution in [0.15, 0.2) is 16.5 Å². The third-order valence-corrected chi connectivity index (χ3v) is 3.84. The molecule has 0 spiro atoms. The van der Waals surface area contributed by atoms with E-state index in [4.69, 9.17) is 9.15 Å². The number of nitrogens with one attached hydrogen (secondary N) is 1. The summed E-state index contributed by atoms with van der Waals surface area (Å²) >= 11 is 0. The van der Waals surface area contributed by atoms with Gasteiger partial charge >= 0.3 is 0 Å². The molecule has 1 N–H and O–H groups in total. The highest BCUT2D eigenvalue weighted by Gasteiger charge is 2.19. The molecule has 0 atom stereocenters. The summed E-state index contributed by atoms with van der Waals surface area (Å²) in [6.45, 7) is 12.2. The predicted molar refractivity (Wildman–Crippen MR) is 87.7 cm³/mol. The molecule has 2 rings (SSSR count). The minimum absolute atomic E-state index is 0.430. The molecule has 1 aromatic carbocycles. The number of methoxy groups -OCH3 is 1. The molecule has 2 aromatic rings. The first-order chi connectivity index (χ1) is 9.95. The van der Waals surface area contributed by atoms with Gasteiger partial charge in [-0.15, -0.1) is 0 Å². The van der Waals surface area contributed by atoms with Crippen LogP contribution in [0, 0.1) is 6.92 Å². The first kappa shape index (κ1) is 16.1. The first-order valence-corrected chi connectivity index (χ1v) is 7.71. The zero-order valence-electron chi connectivity index (χ0n) is 14.0. The quantitative estimate of drug-likeness (QED) is 0.849. The van der Waals surface area contributed by atoms with Crippen LogP contribution in [0.5, 0.6) is 0 Å². The Labute approximate surface area is 127 Å². The van der Waals surface area contributed by atoms with Crippen LogP contribution in [0.3, 0.4) is 0 Å². The Morgan fingerprint density at radius 2 is 1.90 bits per heavy atom. The van der Waals surface area contributed by atoms with E-state index in [2.05, 4.69) is 52.1 Å². The molecule has 1 heterocycles. The summed E-state index contributed by atoms with van der Waals surface area (Å²) in [5.74, 6) is 1.44. The molecular formula is C18H27NO2. The van der Waals surface area contributed by atoms with Crippen molar-refractivity contribution >= 4 is 11.0 Å². The second-order valence-electron chi connectivity index (χ2n) is 6.30. The second kappa shape index (κ2) is 6.63. The number of fused-ring (bicyclic) bond motifs is 1. The minimum atomic E-state index is 0.430. The highest BCUT2D eigenvalue weighted by atomic mass is 16.5. The Kier molecular flexibility index (Phi) is 5.07. The van der Waals surface area contributed by atoms with Crippen LogP contribution in [0.1, 0.15) is 56.1 Å². The number of benzene rings is 1. The van der Waals surface area contributed by atoms with Crippen molar-refractivity contribution in [3.63, 3.8) is 0 Å². The minimum Gasteiger partial charge on any atom is -0.459 e. The van der Waals surface area contributed by atoms with Gasteiger partial charge < -0.3 is 14.5 Å². The Bertz CT molecular complexity index is 611. The smallest absolute Gasteiger partial charge is 0.138 e. The van der Waals surface area contributed by atoms with Gasteiger partial charge in [0.2, 0.25) is 0 Å². The molecule has 0 aliphatic carbocycles. The maximum atomic E-state index is 6.23. The summed E-state index contributed by atoms with van der Waals surface area (Å²) in [5, 5.41) is 4.67. The molecule has 3 heteroatoms. The number of hydrogen-bond donors (Lipinski definition) is 1. The molecule has 0 saturated heterocycles. The molecule has 0 aliphatic rings. The second-order valence-corrected chi connectivity index (χ2v) is 6.30. The van der Waals surface area contributed by atoms with Gasteiger partial charge in [0.1, 0.15) is 11.3 Å². The van der Waals surface area contributed by atoms with E-state index in [1.54, 1.807) is 7.11 Å². The van der Waals surface area contributed by atoms with E-state index >= 15 is 0 Å². The first-order valence-electron chi connectivity index (χ1n) is 7.71. The van der Waals surface area contributed by atoms with Crippen molar-refractivity contribution in [2.75, 3.05) is 7.11 Å². The average Bonchev–Trinajstić information content (AvgIpc) is 2.76. The lowest BCUT2D eigenvalue weighted by molar-refractivity contribution is 0.183. The lowest BCUT2D eigenvalue weighted by atomic mass is 9.97. The molecular weight excluding hydrogens is 262 g/mol. The van der Waals surface area contributed by atoms with Gasteiger partial charge in [-0.1, -0.05) is 39.8 Å². The van der Waals surface area contributed by atoms with Gasteiger partial charge in [0.15, 0.2) is 0 Å². The number of rotatable bonds is 6. The highest BCUT2D eigenvalue weighted by Crippen LogP contribution is 2.35. The van der Waals surface area contributed by atoms with Crippen LogP contribution in [0.25, 0.3) is 11.0 Å². The highest BCUT2D eigenvalue weighted by molar-refractivity contribution is 5.88. The van der Waals surface area contributed by atoms with E-state index < -0.39 is 0 Å². The molecule has 0 fully saturated rings. The Morgan fingerprint density at radius 3 is 2.48 bits per heavy atom. The van der Waals surface area contributed by atoms with Gasteiger partial charge in [0.25, 0.3) is 0 Å². The van der Waals surface area contributed by atoms with Crippen molar-refractivity contribution in [2.24, 2.45) is 0 Å². The molecule has 0 bridgehead atoms. The third kappa shape index (κ3) is 3.30. The average molecular weight is 289 g/mol. The summed E-state index contributed by atoms with van der Waals surface area (Å²) in [4.78, 5) is 0. The summed E-state index contributed by atoms with van der Waals surface area (Å²) in [6.07, 6.45) is 0. The van der Waals surface area contributed by atoms with Crippen molar-refractivity contribution in [1.82, 2.24) is 5.32 Å². The Morgan fingerprint density at radius 1 is 1.19 bits per heavy atom. The molecule has 1 aromatic heterocycles. The SMILES string of the molecule is COCc1c(CNC(C)C)oc2c(C(C)C)ccc(C)c12. The van der Waals surface area contributed by atoms with E-state index in [0.29, 0.717) is 18.6 Å². The van der Waals surface area contributed by atoms with Gasteiger partial charge in [0, 0.05) is 24.1 Å². The largest absolute Gasteiger partial charge is 0.459 e. The fourth-order valence-electron chi connectivity index (χ4n) is 2.70. The molecule has 0 unspecified atom stereocenters. The lowest BCUT2D eigenvalue weighted by Crippen LogP contribution is -2.22. The Balaban J connectivity index is 2.60. The topological polar surface area (TPSA) is 34.4 Å². The van der Waals surface area contributed by atoms with Crippen molar-refractivity contribution in [2.45, 2.75) is 59.7 Å². The Hall–Kier alpha value is -1.32. The molecule has 116 valence electrons. The molecule has 0 aliphatic heterocycles. The van der Waals surface area contributed by atoms with Crippen LogP contribution in [0.2, 0.25) is 0 Å². The van der Waals surface area contributed by atoms with Crippen LogP contribution in [-0.2, 0) is 17.9 Å². The molecule has 21 heavy (non-hydrogen) atoms. The fraction of sp³-hybridized carbons (Fsp3) is 0.556. The van der Waals surface area contributed by atoms with Crippen LogP contribution in [0.4, 0.5) is 0 Å². The van der Waals surface area contributed by atoms with E-state index in [9.17, 15) is 0 Å². The summed E-state index contributed by atoms with van der Waals surface area (Å²) < 4.78 is 11.6. The number of ether oxygens (including phenoxy) is 1. The number of hydrogen-bond acceptors (Lipinski definition) is 3. The van der Waals surface area contributed by atoms with Crippen LogP contribution >= 0.6 is 0 Å². The fourth-order valence-corrected chi connectivity index (χ4v) is 2.70. The molecule has 0 radical (unpaired) electrons. The predicted octanol–water partition coefficient (Wildman–Crippen LogP) is 4.51. The van der Waals surface area contributed by atoms with E-state index in [0.717, 1.165) is 17.9 Å². The zero-order chi connectivity index (χ0) is 15.6. The summed E-state index contributed by atoms with van der Waals surface area (Å²) in [5.41, 5.74) is 4.73. The monoisotopic (exact) mass is 289 g/mol. The summed E-state index contributed by atoms with van der Waals surface area (Å²) in [7, 11) is 1.74. The van der Waals surface area contributed by atoms with Gasteiger partial charge in [-0.3, -0.25) is 0 Å². The lowest BCUT2D eigenvalue weighted by Gasteiger charge is -2.08. The maximum Gasteiger partial charge on any atom is 0.138 e. The van der Waals surface area contributed by atoms with Crippen LogP contribution < -0.4 is 5.32 Å². The van der Waals surface area contributed by atoms with Crippen molar-refractivity contribution in [1.29, 1.82) is 0 Å². The third-order valence-electron chi connectivity index (χ3n) is 3.84. The van der Waals surface area contributed by atoms with E-state index in [1.807, 2.05) is 0 Å². The van der Waals surface area contributed by atoms with Gasteiger partial charge in [0.05, 0.1) is 13.2 Å². The standard InChI is InChI=1S/C18H27NO2/c1-11(2)14-8-7-13(5)17-15(10-20-6)16(21-18(14)17)9-19-12(3)4/h7-8,11-12,19H,9-10H2,1-6H3. The van der Waals surface area contributed by atoms with Crippen molar-refractivity contribution in [3.8, 4) is 0 Å². The molecule has 3 nitrogen and oxygen atoms in total. The van der Waals surface area contributed by atoms with Gasteiger partial charge in [-0.2, -0.15) is 0 Å². The number of furan rings is 1. The van der Waals surface area contributed by atoms with Crippen LogP contribution in [-0.4, -0.2) is 13.2 Å².